The topological polar surface area (TPSA) is 70.9 Å². The molecule has 1 aromatic heterocycles. The number of halogens is 2. The lowest BCUT2D eigenvalue weighted by molar-refractivity contribution is 0.223. The molecule has 2 aromatic rings. The molecule has 0 saturated carbocycles. The van der Waals surface area contributed by atoms with E-state index in [0.29, 0.717) is 0 Å². The number of aliphatic hydroxyl groups excluding tert-OH is 1. The highest BCUT2D eigenvalue weighted by molar-refractivity contribution is 6.32. The van der Waals surface area contributed by atoms with E-state index in [1.807, 2.05) is 37.3 Å². The smallest absolute Gasteiger partial charge is 0.245 e. The van der Waals surface area contributed by atoms with Crippen molar-refractivity contribution < 1.29 is 5.11 Å². The minimum Gasteiger partial charge on any atom is -0.394 e. The van der Waals surface area contributed by atoms with E-state index < -0.39 is 5.54 Å². The normalized spacial score (nSPS) is 13.9. The summed E-state index contributed by atoms with van der Waals surface area (Å²) in [6.45, 7) is 1.68. The van der Waals surface area contributed by atoms with Crippen LogP contribution in [0.3, 0.4) is 0 Å². The Kier molecular flexibility index (Phi) is 4.19. The van der Waals surface area contributed by atoms with Gasteiger partial charge < -0.3 is 10.4 Å². The second-order valence-corrected chi connectivity index (χ2v) is 4.90. The summed E-state index contributed by atoms with van der Waals surface area (Å²) < 4.78 is 0. The molecule has 0 amide bonds. The number of nitrogens with zero attached hydrogens (tertiary/aromatic N) is 3. The minimum absolute atomic E-state index is 0.0137. The monoisotopic (exact) mass is 298 g/mol. The van der Waals surface area contributed by atoms with Crippen molar-refractivity contribution in [3.63, 3.8) is 0 Å². The van der Waals surface area contributed by atoms with E-state index in [1.165, 1.54) is 0 Å². The van der Waals surface area contributed by atoms with Gasteiger partial charge in [-0.2, -0.15) is 4.98 Å². The largest absolute Gasteiger partial charge is 0.394 e. The van der Waals surface area contributed by atoms with E-state index in [4.69, 9.17) is 23.2 Å². The number of nitrogens with one attached hydrogen (secondary N) is 1. The van der Waals surface area contributed by atoms with Crippen LogP contribution in [0.15, 0.2) is 30.3 Å². The van der Waals surface area contributed by atoms with Gasteiger partial charge in [-0.15, -0.1) is 10.2 Å². The Labute approximate surface area is 120 Å². The summed E-state index contributed by atoms with van der Waals surface area (Å²) >= 11 is 11.6. The Morgan fingerprint density at radius 1 is 1.21 bits per heavy atom. The maximum atomic E-state index is 9.66. The predicted octanol–water partition coefficient (Wildman–Crippen LogP) is 2.50. The summed E-state index contributed by atoms with van der Waals surface area (Å²) in [4.78, 5) is 3.97. The van der Waals surface area contributed by atoms with Gasteiger partial charge in [-0.3, -0.25) is 0 Å². The molecule has 0 fully saturated rings. The average Bonchev–Trinajstić information content (AvgIpc) is 2.44. The van der Waals surface area contributed by atoms with Crippen LogP contribution in [0.2, 0.25) is 10.4 Å². The van der Waals surface area contributed by atoms with Gasteiger partial charge in [0.25, 0.3) is 0 Å². The van der Waals surface area contributed by atoms with Crippen molar-refractivity contribution in [2.45, 2.75) is 12.5 Å². The van der Waals surface area contributed by atoms with Gasteiger partial charge >= 0.3 is 0 Å². The third kappa shape index (κ3) is 3.12. The van der Waals surface area contributed by atoms with Crippen molar-refractivity contribution in [1.29, 1.82) is 0 Å². The third-order valence-electron chi connectivity index (χ3n) is 2.74. The summed E-state index contributed by atoms with van der Waals surface area (Å²) in [6, 6.07) is 9.47. The van der Waals surface area contributed by atoms with Crippen LogP contribution in [0, 0.1) is 0 Å². The van der Waals surface area contributed by atoms with Crippen LogP contribution in [0.4, 0.5) is 5.82 Å². The lowest BCUT2D eigenvalue weighted by atomic mass is 9.93. The van der Waals surface area contributed by atoms with E-state index in [0.717, 1.165) is 5.56 Å². The third-order valence-corrected chi connectivity index (χ3v) is 3.16. The standard InChI is InChI=1S/C12H12Cl2N4O/c1-12(7-19,8-5-3-2-4-6-8)16-10-9(13)17-18-11(14)15-10/h2-6,19H,7H2,1H3,(H,15,16,18). The first kappa shape index (κ1) is 14.0. The highest BCUT2D eigenvalue weighted by Gasteiger charge is 2.27. The van der Waals surface area contributed by atoms with E-state index in [2.05, 4.69) is 20.5 Å². The predicted molar refractivity (Wildman–Crippen MR) is 74.3 cm³/mol. The van der Waals surface area contributed by atoms with Crippen molar-refractivity contribution in [3.05, 3.63) is 46.3 Å². The SMILES string of the molecule is CC(CO)(Nc1nc(Cl)nnc1Cl)c1ccccc1. The molecule has 19 heavy (non-hydrogen) atoms. The summed E-state index contributed by atoms with van der Waals surface area (Å²) in [6.07, 6.45) is 0. The van der Waals surface area contributed by atoms with Crippen molar-refractivity contribution in [2.75, 3.05) is 11.9 Å². The fourth-order valence-electron chi connectivity index (χ4n) is 1.64. The van der Waals surface area contributed by atoms with Crippen LogP contribution < -0.4 is 5.32 Å². The molecule has 100 valence electrons. The zero-order valence-corrected chi connectivity index (χ0v) is 11.7. The van der Waals surface area contributed by atoms with Gasteiger partial charge in [0.2, 0.25) is 5.28 Å². The van der Waals surface area contributed by atoms with Crippen LogP contribution in [-0.4, -0.2) is 26.9 Å². The maximum absolute atomic E-state index is 9.66. The quantitative estimate of drug-likeness (QED) is 0.907. The lowest BCUT2D eigenvalue weighted by Gasteiger charge is -2.30. The molecule has 1 atom stereocenters. The molecular formula is C12H12Cl2N4O. The lowest BCUT2D eigenvalue weighted by Crippen LogP contribution is -2.36. The van der Waals surface area contributed by atoms with Gasteiger partial charge in [0.1, 0.15) is 0 Å². The Hall–Kier alpha value is -1.43. The van der Waals surface area contributed by atoms with Crippen molar-refractivity contribution in [2.24, 2.45) is 0 Å². The molecule has 2 rings (SSSR count). The molecule has 1 aromatic carbocycles. The molecule has 0 aliphatic carbocycles. The number of aliphatic hydroxyl groups is 1. The van der Waals surface area contributed by atoms with E-state index >= 15 is 0 Å². The molecule has 0 saturated heterocycles. The first-order valence-corrected chi connectivity index (χ1v) is 6.31. The molecule has 1 unspecified atom stereocenters. The molecule has 0 spiro atoms. The van der Waals surface area contributed by atoms with Crippen LogP contribution in [0.1, 0.15) is 12.5 Å². The van der Waals surface area contributed by atoms with Crippen molar-refractivity contribution >= 4 is 29.0 Å². The second-order valence-electron chi connectivity index (χ2n) is 4.20. The first-order chi connectivity index (χ1) is 9.05. The summed E-state index contributed by atoms with van der Waals surface area (Å²) in [7, 11) is 0. The Balaban J connectivity index is 2.36. The summed E-state index contributed by atoms with van der Waals surface area (Å²) in [5, 5.41) is 20.0. The van der Waals surface area contributed by atoms with Gasteiger partial charge in [0, 0.05) is 0 Å². The number of anilines is 1. The van der Waals surface area contributed by atoms with E-state index in [-0.39, 0.29) is 22.9 Å². The molecule has 5 nitrogen and oxygen atoms in total. The van der Waals surface area contributed by atoms with Gasteiger partial charge in [0.05, 0.1) is 12.1 Å². The fourth-order valence-corrected chi connectivity index (χ4v) is 1.89. The fraction of sp³-hybridized carbons (Fsp3) is 0.250. The molecular weight excluding hydrogens is 287 g/mol. The van der Waals surface area contributed by atoms with Gasteiger partial charge in [-0.05, 0) is 24.1 Å². The van der Waals surface area contributed by atoms with Crippen LogP contribution in [0.5, 0.6) is 0 Å². The van der Waals surface area contributed by atoms with Crippen molar-refractivity contribution in [1.82, 2.24) is 15.2 Å². The van der Waals surface area contributed by atoms with Crippen LogP contribution in [0.25, 0.3) is 0 Å². The van der Waals surface area contributed by atoms with E-state index in [1.54, 1.807) is 0 Å². The highest BCUT2D eigenvalue weighted by atomic mass is 35.5. The van der Waals surface area contributed by atoms with Crippen LogP contribution in [-0.2, 0) is 5.54 Å². The number of hydrogen-bond acceptors (Lipinski definition) is 5. The highest BCUT2D eigenvalue weighted by Crippen LogP contribution is 2.27. The second kappa shape index (κ2) is 5.69. The number of rotatable bonds is 4. The molecule has 1 heterocycles. The Bertz CT molecular complexity index is 567. The molecule has 0 radical (unpaired) electrons. The molecule has 0 aliphatic heterocycles. The van der Waals surface area contributed by atoms with Gasteiger partial charge in [-0.1, -0.05) is 41.9 Å². The Morgan fingerprint density at radius 2 is 1.89 bits per heavy atom. The number of benzene rings is 1. The van der Waals surface area contributed by atoms with Crippen molar-refractivity contribution in [3.8, 4) is 0 Å². The average molecular weight is 299 g/mol. The van der Waals surface area contributed by atoms with Crippen LogP contribution >= 0.6 is 23.2 Å². The maximum Gasteiger partial charge on any atom is 0.245 e. The number of hydrogen-bond donors (Lipinski definition) is 2. The zero-order valence-electron chi connectivity index (χ0n) is 10.1. The Morgan fingerprint density at radius 3 is 2.53 bits per heavy atom. The molecule has 7 heteroatoms. The van der Waals surface area contributed by atoms with E-state index in [9.17, 15) is 5.11 Å². The zero-order chi connectivity index (χ0) is 13.9. The number of aromatic nitrogens is 3. The summed E-state index contributed by atoms with van der Waals surface area (Å²) in [5.74, 6) is 0.280. The minimum atomic E-state index is -0.746. The molecule has 2 N–H and O–H groups in total. The first-order valence-electron chi connectivity index (χ1n) is 5.55. The molecule has 0 aliphatic rings. The van der Waals surface area contributed by atoms with Gasteiger partial charge in [-0.25, -0.2) is 0 Å². The molecule has 0 bridgehead atoms. The summed E-state index contributed by atoms with van der Waals surface area (Å²) in [5.41, 5.74) is 0.146. The van der Waals surface area contributed by atoms with Gasteiger partial charge in [0.15, 0.2) is 11.0 Å².